The molecule has 0 saturated carbocycles. The molecule has 0 aromatic carbocycles. The molecule has 0 unspecified atom stereocenters. The summed E-state index contributed by atoms with van der Waals surface area (Å²) in [5, 5.41) is 3.97. The molecule has 2 aromatic rings. The number of hydrogen-bond donors (Lipinski definition) is 1. The van der Waals surface area contributed by atoms with Gasteiger partial charge >= 0.3 is 0 Å². The summed E-state index contributed by atoms with van der Waals surface area (Å²) in [6, 6.07) is 1.95. The summed E-state index contributed by atoms with van der Waals surface area (Å²) in [4.78, 5) is 0. The number of hydrogen-bond acceptors (Lipinski definition) is 4. The second-order valence-electron chi connectivity index (χ2n) is 3.55. The molecule has 2 rings (SSSR count). The topological polar surface area (TPSA) is 65.2 Å². The van der Waals surface area contributed by atoms with Crippen molar-refractivity contribution >= 4 is 5.88 Å². The molecule has 0 amide bonds. The molecule has 0 aliphatic heterocycles. The molecule has 15 heavy (non-hydrogen) atoms. The molecule has 0 aliphatic rings. The largest absolute Gasteiger partial charge is 0.466 e. The van der Waals surface area contributed by atoms with E-state index in [0.29, 0.717) is 5.88 Å². The van der Waals surface area contributed by atoms with E-state index in [9.17, 15) is 0 Å². The third-order valence-electron chi connectivity index (χ3n) is 2.47. The lowest BCUT2D eigenvalue weighted by Gasteiger charge is -1.96. The molecule has 80 valence electrons. The van der Waals surface area contributed by atoms with E-state index in [1.807, 2.05) is 26.8 Å². The first-order valence-electron chi connectivity index (χ1n) is 4.95. The van der Waals surface area contributed by atoms with Crippen molar-refractivity contribution in [3.05, 3.63) is 23.2 Å². The van der Waals surface area contributed by atoms with Crippen LogP contribution in [0.4, 0.5) is 5.88 Å². The van der Waals surface area contributed by atoms with Gasteiger partial charge in [0.25, 0.3) is 0 Å². The van der Waals surface area contributed by atoms with Crippen LogP contribution in [0.2, 0.25) is 0 Å². The van der Waals surface area contributed by atoms with Gasteiger partial charge in [-0.25, -0.2) is 0 Å². The SMILES string of the molecule is CCc1c(-c2cc(C)oc2C)noc1N. The van der Waals surface area contributed by atoms with E-state index in [-0.39, 0.29) is 0 Å². The fraction of sp³-hybridized carbons (Fsp3) is 0.364. The Kier molecular flexibility index (Phi) is 2.26. The van der Waals surface area contributed by atoms with Gasteiger partial charge < -0.3 is 14.7 Å². The van der Waals surface area contributed by atoms with Crippen LogP contribution >= 0.6 is 0 Å². The molecule has 4 heteroatoms. The Morgan fingerprint density at radius 1 is 1.40 bits per heavy atom. The fourth-order valence-electron chi connectivity index (χ4n) is 1.74. The average Bonchev–Trinajstić information content (AvgIpc) is 2.69. The van der Waals surface area contributed by atoms with Crippen molar-refractivity contribution in [2.75, 3.05) is 5.73 Å². The molecule has 0 radical (unpaired) electrons. The summed E-state index contributed by atoms with van der Waals surface area (Å²) in [6.45, 7) is 5.84. The summed E-state index contributed by atoms with van der Waals surface area (Å²) >= 11 is 0. The van der Waals surface area contributed by atoms with Crippen molar-refractivity contribution < 1.29 is 8.94 Å². The van der Waals surface area contributed by atoms with Crippen LogP contribution in [0.5, 0.6) is 0 Å². The highest BCUT2D eigenvalue weighted by atomic mass is 16.5. The van der Waals surface area contributed by atoms with Gasteiger partial charge in [-0.15, -0.1) is 0 Å². The fourth-order valence-corrected chi connectivity index (χ4v) is 1.74. The van der Waals surface area contributed by atoms with Crippen LogP contribution < -0.4 is 5.73 Å². The molecule has 4 nitrogen and oxygen atoms in total. The second-order valence-corrected chi connectivity index (χ2v) is 3.55. The monoisotopic (exact) mass is 206 g/mol. The molecule has 0 fully saturated rings. The van der Waals surface area contributed by atoms with Gasteiger partial charge in [-0.05, 0) is 26.3 Å². The molecule has 0 bridgehead atoms. The summed E-state index contributed by atoms with van der Waals surface area (Å²) in [7, 11) is 0. The number of anilines is 1. The number of nitrogen functional groups attached to an aromatic ring is 1. The number of rotatable bonds is 2. The third kappa shape index (κ3) is 1.52. The molecule has 0 spiro atoms. The zero-order valence-corrected chi connectivity index (χ0v) is 9.13. The summed E-state index contributed by atoms with van der Waals surface area (Å²) in [5.74, 6) is 2.10. The van der Waals surface area contributed by atoms with Crippen LogP contribution in [0, 0.1) is 13.8 Å². The van der Waals surface area contributed by atoms with Crippen molar-refractivity contribution in [3.8, 4) is 11.3 Å². The van der Waals surface area contributed by atoms with Gasteiger partial charge in [-0.2, -0.15) is 0 Å². The van der Waals surface area contributed by atoms with E-state index in [1.54, 1.807) is 0 Å². The van der Waals surface area contributed by atoms with Gasteiger partial charge in [0, 0.05) is 11.1 Å². The van der Waals surface area contributed by atoms with Gasteiger partial charge in [0.1, 0.15) is 17.2 Å². The molecule has 0 atom stereocenters. The number of furan rings is 1. The van der Waals surface area contributed by atoms with Gasteiger partial charge in [-0.1, -0.05) is 12.1 Å². The minimum atomic E-state index is 0.394. The van der Waals surface area contributed by atoms with Crippen LogP contribution in [-0.4, -0.2) is 5.16 Å². The van der Waals surface area contributed by atoms with Crippen molar-refractivity contribution in [1.82, 2.24) is 5.16 Å². The minimum Gasteiger partial charge on any atom is -0.466 e. The molecular weight excluding hydrogens is 192 g/mol. The van der Waals surface area contributed by atoms with Crippen LogP contribution in [0.25, 0.3) is 11.3 Å². The Labute approximate surface area is 88.0 Å². The first-order valence-corrected chi connectivity index (χ1v) is 4.95. The van der Waals surface area contributed by atoms with E-state index in [1.165, 1.54) is 0 Å². The predicted molar refractivity (Wildman–Crippen MR) is 57.5 cm³/mol. The van der Waals surface area contributed by atoms with Crippen LogP contribution in [0.3, 0.4) is 0 Å². The molecule has 0 saturated heterocycles. The highest BCUT2D eigenvalue weighted by molar-refractivity contribution is 5.68. The van der Waals surface area contributed by atoms with Crippen molar-refractivity contribution in [3.63, 3.8) is 0 Å². The average molecular weight is 206 g/mol. The highest BCUT2D eigenvalue weighted by Gasteiger charge is 2.17. The van der Waals surface area contributed by atoms with Crippen molar-refractivity contribution in [2.45, 2.75) is 27.2 Å². The highest BCUT2D eigenvalue weighted by Crippen LogP contribution is 2.31. The maximum Gasteiger partial charge on any atom is 0.225 e. The van der Waals surface area contributed by atoms with Crippen LogP contribution in [0.15, 0.2) is 15.0 Å². The van der Waals surface area contributed by atoms with E-state index < -0.39 is 0 Å². The number of aryl methyl sites for hydroxylation is 2. The molecule has 2 N–H and O–H groups in total. The summed E-state index contributed by atoms with van der Waals surface area (Å²) in [6.07, 6.45) is 0.800. The number of nitrogens with two attached hydrogens (primary N) is 1. The molecular formula is C11H14N2O2. The van der Waals surface area contributed by atoms with E-state index in [2.05, 4.69) is 5.16 Å². The van der Waals surface area contributed by atoms with E-state index >= 15 is 0 Å². The number of nitrogens with zero attached hydrogens (tertiary/aromatic N) is 1. The Morgan fingerprint density at radius 2 is 2.13 bits per heavy atom. The van der Waals surface area contributed by atoms with Gasteiger partial charge in [-0.3, -0.25) is 0 Å². The first kappa shape index (κ1) is 9.83. The van der Waals surface area contributed by atoms with Gasteiger partial charge in [0.2, 0.25) is 5.88 Å². The normalized spacial score (nSPS) is 10.9. The molecule has 0 aliphatic carbocycles. The van der Waals surface area contributed by atoms with Crippen LogP contribution in [-0.2, 0) is 6.42 Å². The predicted octanol–water partition coefficient (Wildman–Crippen LogP) is 2.70. The number of aromatic nitrogens is 1. The van der Waals surface area contributed by atoms with Crippen molar-refractivity contribution in [2.24, 2.45) is 0 Å². The van der Waals surface area contributed by atoms with Gasteiger partial charge in [0.05, 0.1) is 0 Å². The smallest absolute Gasteiger partial charge is 0.225 e. The Hall–Kier alpha value is -1.71. The minimum absolute atomic E-state index is 0.394. The Morgan fingerprint density at radius 3 is 2.67 bits per heavy atom. The third-order valence-corrected chi connectivity index (χ3v) is 2.47. The Bertz CT molecular complexity index is 483. The second kappa shape index (κ2) is 3.46. The van der Waals surface area contributed by atoms with Gasteiger partial charge in [0.15, 0.2) is 0 Å². The summed E-state index contributed by atoms with van der Waals surface area (Å²) in [5.41, 5.74) is 8.39. The Balaban J connectivity index is 2.58. The van der Waals surface area contributed by atoms with E-state index in [4.69, 9.17) is 14.7 Å². The van der Waals surface area contributed by atoms with Crippen LogP contribution in [0.1, 0.15) is 24.0 Å². The zero-order valence-electron chi connectivity index (χ0n) is 9.13. The van der Waals surface area contributed by atoms with E-state index in [0.717, 1.165) is 34.8 Å². The summed E-state index contributed by atoms with van der Waals surface area (Å²) < 4.78 is 10.4. The molecule has 2 aromatic heterocycles. The first-order chi connectivity index (χ1) is 7.13. The lowest BCUT2D eigenvalue weighted by Crippen LogP contribution is -1.89. The molecule has 2 heterocycles. The standard InChI is InChI=1S/C11H14N2O2/c1-4-8-10(13-15-11(8)12)9-5-6(2)14-7(9)3/h5H,4,12H2,1-3H3. The maximum atomic E-state index is 5.69. The quantitative estimate of drug-likeness (QED) is 0.820. The lowest BCUT2D eigenvalue weighted by atomic mass is 10.1. The maximum absolute atomic E-state index is 5.69. The zero-order chi connectivity index (χ0) is 11.0. The van der Waals surface area contributed by atoms with Crippen molar-refractivity contribution in [1.29, 1.82) is 0 Å². The lowest BCUT2D eigenvalue weighted by molar-refractivity contribution is 0.438.